The van der Waals surface area contributed by atoms with Gasteiger partial charge in [-0.05, 0) is 51.0 Å². The number of benzene rings is 4. The van der Waals surface area contributed by atoms with E-state index in [1.54, 1.807) is 0 Å². The van der Waals surface area contributed by atoms with E-state index < -0.39 is 0 Å². The molecule has 0 atom stereocenters. The van der Waals surface area contributed by atoms with Gasteiger partial charge in [0.15, 0.2) is 0 Å². The summed E-state index contributed by atoms with van der Waals surface area (Å²) in [5, 5.41) is 6.91. The van der Waals surface area contributed by atoms with Gasteiger partial charge in [0.25, 0.3) is 0 Å². The van der Waals surface area contributed by atoms with Crippen molar-refractivity contribution >= 4 is 35.9 Å². The van der Waals surface area contributed by atoms with E-state index in [0.29, 0.717) is 13.1 Å². The van der Waals surface area contributed by atoms with Crippen LogP contribution in [0, 0.1) is 23.1 Å². The number of aromatic amines is 2. The second-order valence-corrected chi connectivity index (χ2v) is 11.8. The average molecular weight is 641 g/mol. The Balaban J connectivity index is 1.24. The Bertz CT molecular complexity index is 1930. The highest BCUT2D eigenvalue weighted by molar-refractivity contribution is 7.71. The molecule has 0 radical (unpaired) electrons. The van der Waals surface area contributed by atoms with E-state index in [1.807, 2.05) is 106 Å². The van der Waals surface area contributed by atoms with Crippen LogP contribution in [0.1, 0.15) is 46.5 Å². The van der Waals surface area contributed by atoms with Crippen molar-refractivity contribution in [2.75, 3.05) is 13.1 Å². The van der Waals surface area contributed by atoms with E-state index >= 15 is 0 Å². The third-order valence-electron chi connectivity index (χ3n) is 7.85. The van der Waals surface area contributed by atoms with Crippen molar-refractivity contribution in [3.63, 3.8) is 0 Å². The molecule has 46 heavy (non-hydrogen) atoms. The number of hydrogen-bond donors (Lipinski definition) is 2. The maximum atomic E-state index is 5.99. The van der Waals surface area contributed by atoms with Gasteiger partial charge in [-0.25, -0.2) is 9.36 Å². The first kappa shape index (κ1) is 31.1. The molecule has 0 amide bonds. The minimum absolute atomic E-state index is 0.661. The molecule has 8 heteroatoms. The van der Waals surface area contributed by atoms with Gasteiger partial charge in [-0.1, -0.05) is 121 Å². The highest BCUT2D eigenvalue weighted by Crippen LogP contribution is 2.22. The van der Waals surface area contributed by atoms with Gasteiger partial charge in [-0.3, -0.25) is 20.2 Å². The van der Waals surface area contributed by atoms with Gasteiger partial charge < -0.3 is 0 Å². The summed E-state index contributed by atoms with van der Waals surface area (Å²) < 4.78 is 5.35. The third kappa shape index (κ3) is 6.68. The van der Waals surface area contributed by atoms with Crippen molar-refractivity contribution in [1.29, 1.82) is 0 Å². The normalized spacial score (nSPS) is 12.0. The Labute approximate surface area is 279 Å². The molecule has 0 unspecified atom stereocenters. The van der Waals surface area contributed by atoms with Gasteiger partial charge in [-0.15, -0.1) is 0 Å². The number of aromatic nitrogens is 4. The second-order valence-electron chi connectivity index (χ2n) is 11.1. The molecular weight excluding hydrogens is 605 g/mol. The van der Waals surface area contributed by atoms with Gasteiger partial charge in [0.2, 0.25) is 0 Å². The molecule has 0 spiro atoms. The standard InChI is InChI=1S/C38H36N6S2/c1-27-33(37(45)43(41-27)31-21-11-5-12-22-31)35(29-17-7-3-8-18-29)39-25-15-16-26-40-36(30-19-9-4-10-20-30)34-28(2)42-44(38(34)46)32-23-13-6-14-24-32/h3-14,17-24,41-42H,15-16,25-26H2,1-2H3. The number of para-hydroxylation sites is 2. The molecule has 0 saturated carbocycles. The van der Waals surface area contributed by atoms with Crippen molar-refractivity contribution in [3.05, 3.63) is 164 Å². The summed E-state index contributed by atoms with van der Waals surface area (Å²) in [6.45, 7) is 5.44. The molecule has 6 rings (SSSR count). The number of hydrogen-bond acceptors (Lipinski definition) is 4. The van der Waals surface area contributed by atoms with E-state index in [-0.39, 0.29) is 0 Å². The Morgan fingerprint density at radius 2 is 0.848 bits per heavy atom. The number of nitrogens with zero attached hydrogens (tertiary/aromatic N) is 4. The second kappa shape index (κ2) is 14.5. The molecule has 6 aromatic rings. The Hall–Kier alpha value is -4.92. The lowest BCUT2D eigenvalue weighted by molar-refractivity contribution is 0.757. The van der Waals surface area contributed by atoms with Crippen molar-refractivity contribution in [2.45, 2.75) is 26.7 Å². The van der Waals surface area contributed by atoms with Gasteiger partial charge >= 0.3 is 0 Å². The Morgan fingerprint density at radius 3 is 1.20 bits per heavy atom. The van der Waals surface area contributed by atoms with Crippen LogP contribution in [0.5, 0.6) is 0 Å². The van der Waals surface area contributed by atoms with Crippen LogP contribution in [0.25, 0.3) is 11.4 Å². The fraction of sp³-hybridized carbons (Fsp3) is 0.158. The zero-order valence-electron chi connectivity index (χ0n) is 26.0. The zero-order chi connectivity index (χ0) is 31.9. The molecule has 230 valence electrons. The highest BCUT2D eigenvalue weighted by Gasteiger charge is 2.18. The first-order valence-electron chi connectivity index (χ1n) is 15.5. The fourth-order valence-electron chi connectivity index (χ4n) is 5.60. The molecule has 2 N–H and O–H groups in total. The van der Waals surface area contributed by atoms with Crippen LogP contribution >= 0.6 is 24.4 Å². The predicted octanol–water partition coefficient (Wildman–Crippen LogP) is 9.16. The van der Waals surface area contributed by atoms with Gasteiger partial charge in [0, 0.05) is 35.6 Å². The molecule has 0 saturated heterocycles. The number of unbranched alkanes of at least 4 members (excludes halogenated alkanes) is 1. The monoisotopic (exact) mass is 640 g/mol. The maximum Gasteiger partial charge on any atom is 0.137 e. The SMILES string of the molecule is Cc1[nH]n(-c2ccccc2)c(=S)c1C(=NCCCCN=C(c1ccccc1)c1c(C)[nH]n(-c2ccccc2)c1=S)c1ccccc1. The van der Waals surface area contributed by atoms with Crippen molar-refractivity contribution in [1.82, 2.24) is 19.6 Å². The maximum absolute atomic E-state index is 5.99. The van der Waals surface area contributed by atoms with Crippen molar-refractivity contribution in [2.24, 2.45) is 9.98 Å². The highest BCUT2D eigenvalue weighted by atomic mass is 32.1. The van der Waals surface area contributed by atoms with E-state index in [2.05, 4.69) is 48.3 Å². The van der Waals surface area contributed by atoms with Crippen molar-refractivity contribution in [3.8, 4) is 11.4 Å². The van der Waals surface area contributed by atoms with E-state index in [4.69, 9.17) is 34.4 Å². The van der Waals surface area contributed by atoms with E-state index in [0.717, 1.165) is 78.6 Å². The van der Waals surface area contributed by atoms with Gasteiger partial charge in [-0.2, -0.15) is 0 Å². The fourth-order valence-corrected chi connectivity index (χ4v) is 6.40. The van der Waals surface area contributed by atoms with Crippen LogP contribution in [0.15, 0.2) is 131 Å². The predicted molar refractivity (Wildman–Crippen MR) is 195 cm³/mol. The molecule has 4 aromatic carbocycles. The summed E-state index contributed by atoms with van der Waals surface area (Å²) in [6, 6.07) is 40.8. The summed E-state index contributed by atoms with van der Waals surface area (Å²) in [6.07, 6.45) is 1.77. The summed E-state index contributed by atoms with van der Waals surface area (Å²) in [5.41, 5.74) is 9.81. The number of rotatable bonds is 11. The minimum Gasteiger partial charge on any atom is -0.297 e. The van der Waals surface area contributed by atoms with Crippen LogP contribution in [0.3, 0.4) is 0 Å². The molecule has 0 fully saturated rings. The molecular formula is C38H36N6S2. The molecule has 0 aliphatic heterocycles. The molecule has 6 nitrogen and oxygen atoms in total. The Morgan fingerprint density at radius 1 is 0.522 bits per heavy atom. The van der Waals surface area contributed by atoms with Crippen LogP contribution in [0.2, 0.25) is 0 Å². The van der Waals surface area contributed by atoms with Gasteiger partial charge in [0.1, 0.15) is 9.28 Å². The molecule has 0 aliphatic rings. The number of H-pyrrole nitrogens is 2. The van der Waals surface area contributed by atoms with E-state index in [9.17, 15) is 0 Å². The molecule has 0 bridgehead atoms. The largest absolute Gasteiger partial charge is 0.297 e. The molecule has 2 aromatic heterocycles. The zero-order valence-corrected chi connectivity index (χ0v) is 27.6. The van der Waals surface area contributed by atoms with E-state index in [1.165, 1.54) is 0 Å². The first-order valence-corrected chi connectivity index (χ1v) is 16.3. The summed E-state index contributed by atoms with van der Waals surface area (Å²) in [7, 11) is 0. The van der Waals surface area contributed by atoms with Gasteiger partial charge in [0.05, 0.1) is 33.9 Å². The van der Waals surface area contributed by atoms with Crippen LogP contribution in [-0.2, 0) is 0 Å². The molecule has 0 aliphatic carbocycles. The minimum atomic E-state index is 0.661. The Kier molecular flexibility index (Phi) is 9.76. The third-order valence-corrected chi connectivity index (χ3v) is 8.62. The molecule has 2 heterocycles. The van der Waals surface area contributed by atoms with Crippen LogP contribution in [-0.4, -0.2) is 44.1 Å². The lowest BCUT2D eigenvalue weighted by Gasteiger charge is -2.08. The topological polar surface area (TPSA) is 66.2 Å². The number of nitrogens with one attached hydrogen (secondary N) is 2. The summed E-state index contributed by atoms with van der Waals surface area (Å²) in [4.78, 5) is 10.3. The lowest BCUT2D eigenvalue weighted by Crippen LogP contribution is -2.07. The smallest absolute Gasteiger partial charge is 0.137 e. The summed E-state index contributed by atoms with van der Waals surface area (Å²) in [5.74, 6) is 0. The quantitative estimate of drug-likeness (QED) is 0.0843. The summed E-state index contributed by atoms with van der Waals surface area (Å²) >= 11 is 12.0. The number of aryl methyl sites for hydroxylation is 2. The first-order chi connectivity index (χ1) is 22.5. The lowest BCUT2D eigenvalue weighted by atomic mass is 10.0. The van der Waals surface area contributed by atoms with Crippen molar-refractivity contribution < 1.29 is 0 Å². The number of aliphatic imine (C=N–C) groups is 2. The average Bonchev–Trinajstić information content (AvgIpc) is 3.57. The van der Waals surface area contributed by atoms with Crippen LogP contribution in [0.4, 0.5) is 0 Å². The van der Waals surface area contributed by atoms with Crippen LogP contribution < -0.4 is 0 Å².